The number of hydrogen-bond acceptors (Lipinski definition) is 4. The van der Waals surface area contributed by atoms with Crippen LogP contribution in [0.25, 0.3) is 0 Å². The summed E-state index contributed by atoms with van der Waals surface area (Å²) in [5, 5.41) is 6.98. The molecule has 6 heteroatoms. The highest BCUT2D eigenvalue weighted by molar-refractivity contribution is 5.95. The molecule has 0 atom stereocenters. The predicted octanol–water partition coefficient (Wildman–Crippen LogP) is 1.72. The van der Waals surface area contributed by atoms with E-state index in [4.69, 9.17) is 9.47 Å². The molecule has 1 heterocycles. The molecule has 1 aromatic carbocycles. The van der Waals surface area contributed by atoms with Gasteiger partial charge >= 0.3 is 0 Å². The van der Waals surface area contributed by atoms with Gasteiger partial charge in [0.15, 0.2) is 0 Å². The normalized spacial score (nSPS) is 10.2. The Morgan fingerprint density at radius 1 is 1.24 bits per heavy atom. The van der Waals surface area contributed by atoms with Crippen LogP contribution in [-0.4, -0.2) is 36.5 Å². The van der Waals surface area contributed by atoms with Crippen LogP contribution in [0.5, 0.6) is 11.5 Å². The highest BCUT2D eigenvalue weighted by Crippen LogP contribution is 2.22. The maximum atomic E-state index is 12.1. The maximum absolute atomic E-state index is 12.1. The number of methoxy groups -OCH3 is 2. The van der Waals surface area contributed by atoms with Crippen molar-refractivity contribution in [1.29, 1.82) is 0 Å². The van der Waals surface area contributed by atoms with Gasteiger partial charge in [0.25, 0.3) is 5.91 Å². The van der Waals surface area contributed by atoms with Crippen molar-refractivity contribution < 1.29 is 14.3 Å². The molecule has 0 radical (unpaired) electrons. The van der Waals surface area contributed by atoms with Gasteiger partial charge in [-0.15, -0.1) is 0 Å². The van der Waals surface area contributed by atoms with Gasteiger partial charge in [-0.2, -0.15) is 5.10 Å². The average Bonchev–Trinajstić information content (AvgIpc) is 3.04. The Bertz CT molecular complexity index is 560. The van der Waals surface area contributed by atoms with Crippen LogP contribution in [0.3, 0.4) is 0 Å². The molecule has 1 aromatic heterocycles. The molecule has 0 fully saturated rings. The fourth-order valence-corrected chi connectivity index (χ4v) is 1.92. The highest BCUT2D eigenvalue weighted by Gasteiger charge is 2.09. The zero-order valence-electron chi connectivity index (χ0n) is 12.2. The molecular formula is C15H19N3O3. The lowest BCUT2D eigenvalue weighted by Gasteiger charge is -2.09. The second-order valence-corrected chi connectivity index (χ2v) is 4.48. The number of aryl methyl sites for hydroxylation is 1. The van der Waals surface area contributed by atoms with Gasteiger partial charge in [-0.25, -0.2) is 0 Å². The first kappa shape index (κ1) is 14.9. The summed E-state index contributed by atoms with van der Waals surface area (Å²) >= 11 is 0. The quantitative estimate of drug-likeness (QED) is 0.788. The summed E-state index contributed by atoms with van der Waals surface area (Å²) in [6.45, 7) is 1.35. The lowest BCUT2D eigenvalue weighted by molar-refractivity contribution is 0.0952. The summed E-state index contributed by atoms with van der Waals surface area (Å²) in [6, 6.07) is 6.98. The smallest absolute Gasteiger partial charge is 0.251 e. The van der Waals surface area contributed by atoms with E-state index in [0.717, 1.165) is 13.0 Å². The van der Waals surface area contributed by atoms with Crippen LogP contribution in [0, 0.1) is 0 Å². The van der Waals surface area contributed by atoms with Crippen LogP contribution >= 0.6 is 0 Å². The Kier molecular flexibility index (Phi) is 5.20. The number of hydrogen-bond donors (Lipinski definition) is 1. The van der Waals surface area contributed by atoms with Gasteiger partial charge in [0.05, 0.1) is 14.2 Å². The minimum atomic E-state index is -0.146. The van der Waals surface area contributed by atoms with E-state index in [-0.39, 0.29) is 5.91 Å². The first-order chi connectivity index (χ1) is 10.2. The second kappa shape index (κ2) is 7.33. The minimum absolute atomic E-state index is 0.146. The summed E-state index contributed by atoms with van der Waals surface area (Å²) in [5.41, 5.74) is 0.519. The van der Waals surface area contributed by atoms with E-state index in [1.165, 1.54) is 0 Å². The van der Waals surface area contributed by atoms with Crippen LogP contribution in [0.2, 0.25) is 0 Å². The molecule has 0 aliphatic heterocycles. The third-order valence-electron chi connectivity index (χ3n) is 3.02. The van der Waals surface area contributed by atoms with Gasteiger partial charge < -0.3 is 14.8 Å². The standard InChI is InChI=1S/C15H19N3O3/c1-20-13-9-12(10-14(11-13)21-2)15(19)16-5-3-7-18-8-4-6-17-18/h4,6,8-11H,3,5,7H2,1-2H3,(H,16,19). The summed E-state index contributed by atoms with van der Waals surface area (Å²) in [4.78, 5) is 12.1. The van der Waals surface area contributed by atoms with Crippen molar-refractivity contribution in [2.24, 2.45) is 0 Å². The van der Waals surface area contributed by atoms with Crippen molar-refractivity contribution in [3.63, 3.8) is 0 Å². The molecule has 112 valence electrons. The van der Waals surface area contributed by atoms with Gasteiger partial charge in [0.2, 0.25) is 0 Å². The Balaban J connectivity index is 1.87. The van der Waals surface area contributed by atoms with E-state index in [2.05, 4.69) is 10.4 Å². The number of ether oxygens (including phenoxy) is 2. The van der Waals surface area contributed by atoms with Gasteiger partial charge in [-0.1, -0.05) is 0 Å². The van der Waals surface area contributed by atoms with Gasteiger partial charge in [-0.3, -0.25) is 9.48 Å². The molecule has 21 heavy (non-hydrogen) atoms. The van der Waals surface area contributed by atoms with Gasteiger partial charge in [-0.05, 0) is 24.6 Å². The van der Waals surface area contributed by atoms with Crippen molar-refractivity contribution in [3.8, 4) is 11.5 Å². The largest absolute Gasteiger partial charge is 0.497 e. The molecule has 0 aliphatic rings. The Hall–Kier alpha value is -2.50. The number of aromatic nitrogens is 2. The summed E-state index contributed by atoms with van der Waals surface area (Å²) in [6.07, 6.45) is 4.45. The fourth-order valence-electron chi connectivity index (χ4n) is 1.92. The number of nitrogens with one attached hydrogen (secondary N) is 1. The summed E-state index contributed by atoms with van der Waals surface area (Å²) < 4.78 is 12.1. The lowest BCUT2D eigenvalue weighted by Crippen LogP contribution is -2.25. The molecule has 0 saturated carbocycles. The van der Waals surface area contributed by atoms with Crippen molar-refractivity contribution in [2.75, 3.05) is 20.8 Å². The monoisotopic (exact) mass is 289 g/mol. The first-order valence-electron chi connectivity index (χ1n) is 6.71. The van der Waals surface area contributed by atoms with Gasteiger partial charge in [0.1, 0.15) is 11.5 Å². The van der Waals surface area contributed by atoms with E-state index >= 15 is 0 Å². The molecule has 0 unspecified atom stereocenters. The van der Waals surface area contributed by atoms with E-state index in [1.54, 1.807) is 38.6 Å². The zero-order valence-corrected chi connectivity index (χ0v) is 12.2. The third-order valence-corrected chi connectivity index (χ3v) is 3.02. The van der Waals surface area contributed by atoms with E-state index in [9.17, 15) is 4.79 Å². The van der Waals surface area contributed by atoms with E-state index < -0.39 is 0 Å². The van der Waals surface area contributed by atoms with Gasteiger partial charge in [0, 0.05) is 37.1 Å². The minimum Gasteiger partial charge on any atom is -0.497 e. The van der Waals surface area contributed by atoms with Crippen molar-refractivity contribution in [2.45, 2.75) is 13.0 Å². The lowest BCUT2D eigenvalue weighted by atomic mass is 10.2. The van der Waals surface area contributed by atoms with E-state index in [1.807, 2.05) is 16.9 Å². The molecule has 2 rings (SSSR count). The Labute approximate surface area is 123 Å². The SMILES string of the molecule is COc1cc(OC)cc(C(=O)NCCCn2cccn2)c1. The zero-order chi connectivity index (χ0) is 15.1. The molecule has 1 N–H and O–H groups in total. The molecule has 2 aromatic rings. The fraction of sp³-hybridized carbons (Fsp3) is 0.333. The van der Waals surface area contributed by atoms with Crippen LogP contribution < -0.4 is 14.8 Å². The topological polar surface area (TPSA) is 65.4 Å². The second-order valence-electron chi connectivity index (χ2n) is 4.48. The van der Waals surface area contributed by atoms with Crippen LogP contribution in [0.1, 0.15) is 16.8 Å². The highest BCUT2D eigenvalue weighted by atomic mass is 16.5. The molecule has 0 bridgehead atoms. The van der Waals surface area contributed by atoms with Crippen molar-refractivity contribution >= 4 is 5.91 Å². The maximum Gasteiger partial charge on any atom is 0.251 e. The van der Waals surface area contributed by atoms with Crippen molar-refractivity contribution in [1.82, 2.24) is 15.1 Å². The van der Waals surface area contributed by atoms with Crippen LogP contribution in [-0.2, 0) is 6.54 Å². The van der Waals surface area contributed by atoms with E-state index in [0.29, 0.717) is 23.6 Å². The summed E-state index contributed by atoms with van der Waals surface area (Å²) in [5.74, 6) is 1.04. The summed E-state index contributed by atoms with van der Waals surface area (Å²) in [7, 11) is 3.11. The number of benzene rings is 1. The predicted molar refractivity (Wildman–Crippen MR) is 78.7 cm³/mol. The average molecular weight is 289 g/mol. The number of amides is 1. The van der Waals surface area contributed by atoms with Crippen LogP contribution in [0.15, 0.2) is 36.7 Å². The molecule has 0 aliphatic carbocycles. The number of carbonyl (C=O) groups is 1. The molecule has 6 nitrogen and oxygen atoms in total. The first-order valence-corrected chi connectivity index (χ1v) is 6.71. The molecular weight excluding hydrogens is 270 g/mol. The molecule has 0 spiro atoms. The number of nitrogens with zero attached hydrogens (tertiary/aromatic N) is 2. The molecule has 1 amide bonds. The van der Waals surface area contributed by atoms with Crippen LogP contribution in [0.4, 0.5) is 0 Å². The Morgan fingerprint density at radius 3 is 2.52 bits per heavy atom. The third kappa shape index (κ3) is 4.24. The Morgan fingerprint density at radius 2 is 1.95 bits per heavy atom. The molecule has 0 saturated heterocycles. The van der Waals surface area contributed by atoms with Crippen molar-refractivity contribution in [3.05, 3.63) is 42.2 Å². The number of carbonyl (C=O) groups excluding carboxylic acids is 1. The number of rotatable bonds is 7.